The first-order valence-corrected chi connectivity index (χ1v) is 10.1. The lowest BCUT2D eigenvalue weighted by molar-refractivity contribution is 0.163. The van der Waals surface area contributed by atoms with Gasteiger partial charge in [0.15, 0.2) is 5.96 Å². The Balaban J connectivity index is 1.42. The fourth-order valence-corrected chi connectivity index (χ4v) is 4.51. The van der Waals surface area contributed by atoms with Crippen LogP contribution in [0.2, 0.25) is 0 Å². The second-order valence-electron chi connectivity index (χ2n) is 6.78. The molecular formula is C18H31N5S. The molecule has 1 unspecified atom stereocenters. The van der Waals surface area contributed by atoms with Gasteiger partial charge in [-0.25, -0.2) is 0 Å². The molecule has 0 aromatic carbocycles. The predicted molar refractivity (Wildman–Crippen MR) is 104 cm³/mol. The molecule has 0 spiro atoms. The number of piperazine rings is 1. The van der Waals surface area contributed by atoms with E-state index in [2.05, 4.69) is 49.4 Å². The van der Waals surface area contributed by atoms with Crippen molar-refractivity contribution in [2.24, 2.45) is 4.99 Å². The van der Waals surface area contributed by atoms with Crippen molar-refractivity contribution < 1.29 is 0 Å². The molecule has 2 aliphatic heterocycles. The summed E-state index contributed by atoms with van der Waals surface area (Å²) in [4.78, 5) is 12.0. The summed E-state index contributed by atoms with van der Waals surface area (Å²) < 4.78 is 0. The molecule has 0 amide bonds. The molecule has 2 fully saturated rings. The molecule has 1 aromatic heterocycles. The van der Waals surface area contributed by atoms with Crippen LogP contribution in [0.3, 0.4) is 0 Å². The first-order valence-electron chi connectivity index (χ1n) is 9.26. The minimum Gasteiger partial charge on any atom is -0.360 e. The zero-order valence-corrected chi connectivity index (χ0v) is 15.9. The Bertz CT molecular complexity index is 507. The standard InChI is InChI=1S/C18H31N5S/c1-16-6-3-4-9-21(16)10-8-20-18(19-2)23-13-11-22(12-14-23)17-7-5-15-24-17/h5,7,15-16H,3-4,6,8-14H2,1-2H3,(H,19,20). The molecular weight excluding hydrogens is 318 g/mol. The lowest BCUT2D eigenvalue weighted by Crippen LogP contribution is -2.53. The molecule has 1 aromatic rings. The quantitative estimate of drug-likeness (QED) is 0.668. The Labute approximate surface area is 150 Å². The largest absolute Gasteiger partial charge is 0.360 e. The Morgan fingerprint density at radius 1 is 1.25 bits per heavy atom. The van der Waals surface area contributed by atoms with Gasteiger partial charge < -0.3 is 15.1 Å². The molecule has 1 atom stereocenters. The highest BCUT2D eigenvalue weighted by Gasteiger charge is 2.21. The van der Waals surface area contributed by atoms with E-state index in [0.717, 1.165) is 51.3 Å². The average molecular weight is 350 g/mol. The maximum atomic E-state index is 4.50. The molecule has 2 saturated heterocycles. The molecule has 3 rings (SSSR count). The van der Waals surface area contributed by atoms with E-state index in [1.165, 1.54) is 30.8 Å². The van der Waals surface area contributed by atoms with Gasteiger partial charge in [0, 0.05) is 52.4 Å². The number of thiophene rings is 1. The summed E-state index contributed by atoms with van der Waals surface area (Å²) in [5.74, 6) is 1.06. The van der Waals surface area contributed by atoms with E-state index in [1.807, 2.05) is 18.4 Å². The van der Waals surface area contributed by atoms with Crippen LogP contribution in [0.5, 0.6) is 0 Å². The first kappa shape index (κ1) is 17.5. The number of hydrogen-bond acceptors (Lipinski definition) is 4. The fraction of sp³-hybridized carbons (Fsp3) is 0.722. The van der Waals surface area contributed by atoms with E-state index in [1.54, 1.807) is 0 Å². The Morgan fingerprint density at radius 3 is 2.75 bits per heavy atom. The van der Waals surface area contributed by atoms with Crippen LogP contribution in [0, 0.1) is 0 Å². The molecule has 5 nitrogen and oxygen atoms in total. The summed E-state index contributed by atoms with van der Waals surface area (Å²) in [6, 6.07) is 5.08. The minimum absolute atomic E-state index is 0.733. The molecule has 0 bridgehead atoms. The average Bonchev–Trinajstić information content (AvgIpc) is 3.15. The van der Waals surface area contributed by atoms with Gasteiger partial charge in [-0.2, -0.15) is 0 Å². The number of nitrogens with one attached hydrogen (secondary N) is 1. The van der Waals surface area contributed by atoms with Crippen LogP contribution in [0.1, 0.15) is 26.2 Å². The third-order valence-electron chi connectivity index (χ3n) is 5.23. The van der Waals surface area contributed by atoms with Gasteiger partial charge in [0.05, 0.1) is 5.00 Å². The van der Waals surface area contributed by atoms with E-state index in [4.69, 9.17) is 0 Å². The highest BCUT2D eigenvalue weighted by atomic mass is 32.1. The number of anilines is 1. The molecule has 24 heavy (non-hydrogen) atoms. The Kier molecular flexibility index (Phi) is 6.37. The third kappa shape index (κ3) is 4.42. The van der Waals surface area contributed by atoms with Crippen molar-refractivity contribution in [3.8, 4) is 0 Å². The molecule has 0 aliphatic carbocycles. The summed E-state index contributed by atoms with van der Waals surface area (Å²) >= 11 is 1.83. The number of piperidine rings is 1. The maximum Gasteiger partial charge on any atom is 0.193 e. The third-order valence-corrected chi connectivity index (χ3v) is 6.16. The number of hydrogen-bond donors (Lipinski definition) is 1. The van der Waals surface area contributed by atoms with Gasteiger partial charge in [-0.05, 0) is 43.8 Å². The van der Waals surface area contributed by atoms with Gasteiger partial charge in [-0.1, -0.05) is 6.42 Å². The molecule has 3 heterocycles. The number of rotatable bonds is 4. The van der Waals surface area contributed by atoms with Gasteiger partial charge in [0.25, 0.3) is 0 Å². The highest BCUT2D eigenvalue weighted by molar-refractivity contribution is 7.14. The van der Waals surface area contributed by atoms with Gasteiger partial charge >= 0.3 is 0 Å². The first-order chi connectivity index (χ1) is 11.8. The Hall–Kier alpha value is -1.27. The van der Waals surface area contributed by atoms with Gasteiger partial charge in [0.1, 0.15) is 0 Å². The van der Waals surface area contributed by atoms with Crippen LogP contribution in [-0.4, -0.2) is 74.7 Å². The molecule has 0 radical (unpaired) electrons. The van der Waals surface area contributed by atoms with Crippen molar-refractivity contribution in [3.05, 3.63) is 17.5 Å². The topological polar surface area (TPSA) is 34.1 Å². The zero-order valence-electron chi connectivity index (χ0n) is 15.1. The van der Waals surface area contributed by atoms with Crippen LogP contribution in [0.4, 0.5) is 5.00 Å². The van der Waals surface area contributed by atoms with E-state index in [0.29, 0.717) is 0 Å². The summed E-state index contributed by atoms with van der Waals surface area (Å²) in [5, 5.41) is 7.12. The molecule has 2 aliphatic rings. The van der Waals surface area contributed by atoms with Crippen LogP contribution in [0.25, 0.3) is 0 Å². The normalized spacial score (nSPS) is 23.6. The van der Waals surface area contributed by atoms with Gasteiger partial charge in [-0.15, -0.1) is 11.3 Å². The van der Waals surface area contributed by atoms with Crippen molar-refractivity contribution in [1.29, 1.82) is 0 Å². The maximum absolute atomic E-state index is 4.50. The van der Waals surface area contributed by atoms with Crippen molar-refractivity contribution in [3.63, 3.8) is 0 Å². The number of guanidine groups is 1. The van der Waals surface area contributed by atoms with E-state index >= 15 is 0 Å². The fourth-order valence-electron chi connectivity index (χ4n) is 3.72. The lowest BCUT2D eigenvalue weighted by Gasteiger charge is -2.37. The minimum atomic E-state index is 0.733. The van der Waals surface area contributed by atoms with E-state index in [9.17, 15) is 0 Å². The van der Waals surface area contributed by atoms with Crippen molar-refractivity contribution in [1.82, 2.24) is 15.1 Å². The molecule has 134 valence electrons. The smallest absolute Gasteiger partial charge is 0.193 e. The Morgan fingerprint density at radius 2 is 2.08 bits per heavy atom. The van der Waals surface area contributed by atoms with E-state index < -0.39 is 0 Å². The predicted octanol–water partition coefficient (Wildman–Crippen LogP) is 2.32. The van der Waals surface area contributed by atoms with Crippen LogP contribution < -0.4 is 10.2 Å². The van der Waals surface area contributed by atoms with Gasteiger partial charge in [-0.3, -0.25) is 9.89 Å². The lowest BCUT2D eigenvalue weighted by atomic mass is 10.0. The molecule has 0 saturated carbocycles. The SMILES string of the molecule is CN=C(NCCN1CCCCC1C)N1CCN(c2cccs2)CC1. The monoisotopic (exact) mass is 349 g/mol. The van der Waals surface area contributed by atoms with Crippen LogP contribution in [-0.2, 0) is 0 Å². The number of aliphatic imine (C=N–C) groups is 1. The number of likely N-dealkylation sites (tertiary alicyclic amines) is 1. The van der Waals surface area contributed by atoms with Crippen molar-refractivity contribution in [2.75, 3.05) is 57.8 Å². The zero-order chi connectivity index (χ0) is 16.8. The van der Waals surface area contributed by atoms with Crippen molar-refractivity contribution in [2.45, 2.75) is 32.2 Å². The van der Waals surface area contributed by atoms with Crippen LogP contribution >= 0.6 is 11.3 Å². The van der Waals surface area contributed by atoms with Crippen LogP contribution in [0.15, 0.2) is 22.5 Å². The van der Waals surface area contributed by atoms with Crippen molar-refractivity contribution >= 4 is 22.3 Å². The summed E-state index contributed by atoms with van der Waals surface area (Å²) in [6.07, 6.45) is 4.09. The summed E-state index contributed by atoms with van der Waals surface area (Å²) in [7, 11) is 1.90. The molecule has 6 heteroatoms. The number of nitrogens with zero attached hydrogens (tertiary/aromatic N) is 4. The second kappa shape index (κ2) is 8.72. The highest BCUT2D eigenvalue weighted by Crippen LogP contribution is 2.22. The van der Waals surface area contributed by atoms with E-state index in [-0.39, 0.29) is 0 Å². The summed E-state index contributed by atoms with van der Waals surface area (Å²) in [5.41, 5.74) is 0. The van der Waals surface area contributed by atoms with Gasteiger partial charge in [0.2, 0.25) is 0 Å². The summed E-state index contributed by atoms with van der Waals surface area (Å²) in [6.45, 7) is 9.94. The molecule has 1 N–H and O–H groups in total. The second-order valence-corrected chi connectivity index (χ2v) is 7.71.